The van der Waals surface area contributed by atoms with E-state index in [1.54, 1.807) is 31.4 Å². The number of hydrogen-bond donors (Lipinski definition) is 2. The molecule has 4 rings (SSSR count). The molecule has 0 saturated carbocycles. The van der Waals surface area contributed by atoms with Gasteiger partial charge in [0.1, 0.15) is 20.7 Å². The van der Waals surface area contributed by atoms with E-state index in [1.807, 2.05) is 30.3 Å². The van der Waals surface area contributed by atoms with E-state index in [9.17, 15) is 9.90 Å². The van der Waals surface area contributed by atoms with Crippen LogP contribution in [0.4, 0.5) is 0 Å². The van der Waals surface area contributed by atoms with Crippen molar-refractivity contribution in [2.75, 3.05) is 7.11 Å². The molecule has 0 fully saturated rings. The second kappa shape index (κ2) is 6.52. The Morgan fingerprint density at radius 3 is 2.31 bits per heavy atom. The summed E-state index contributed by atoms with van der Waals surface area (Å²) in [6.07, 6.45) is 0. The van der Waals surface area contributed by atoms with Gasteiger partial charge in [-0.1, -0.05) is 54.1 Å². The molecule has 0 aliphatic carbocycles. The van der Waals surface area contributed by atoms with Crippen LogP contribution in [0.25, 0.3) is 32.5 Å². The zero-order valence-electron chi connectivity index (χ0n) is 13.7. The monoisotopic (exact) mass is 383 g/mol. The van der Waals surface area contributed by atoms with Crippen molar-refractivity contribution in [3.63, 3.8) is 0 Å². The molecule has 0 radical (unpaired) electrons. The van der Waals surface area contributed by atoms with Gasteiger partial charge < -0.3 is 14.8 Å². The second-order valence-corrected chi connectivity index (χ2v) is 7.35. The summed E-state index contributed by atoms with van der Waals surface area (Å²) in [6.45, 7) is 0. The molecule has 2 N–H and O–H groups in total. The fourth-order valence-electron chi connectivity index (χ4n) is 3.00. The molecular weight excluding hydrogens is 370 g/mol. The van der Waals surface area contributed by atoms with Gasteiger partial charge in [0, 0.05) is 5.56 Å². The van der Waals surface area contributed by atoms with E-state index in [4.69, 9.17) is 16.3 Å². The van der Waals surface area contributed by atoms with E-state index in [0.29, 0.717) is 25.9 Å². The Morgan fingerprint density at radius 1 is 1.00 bits per heavy atom. The van der Waals surface area contributed by atoms with Crippen molar-refractivity contribution < 1.29 is 9.84 Å². The molecule has 0 spiro atoms. The number of halogens is 1. The lowest BCUT2D eigenvalue weighted by Crippen LogP contribution is -2.08. The van der Waals surface area contributed by atoms with Gasteiger partial charge in [0.15, 0.2) is 0 Å². The highest BCUT2D eigenvalue weighted by Crippen LogP contribution is 2.46. The fraction of sp³-hybridized carbons (Fsp3) is 0.0500. The van der Waals surface area contributed by atoms with Crippen molar-refractivity contribution in [2.45, 2.75) is 0 Å². The quantitative estimate of drug-likeness (QED) is 0.505. The first kappa shape index (κ1) is 16.7. The van der Waals surface area contributed by atoms with E-state index >= 15 is 0 Å². The van der Waals surface area contributed by atoms with Gasteiger partial charge in [-0.15, -0.1) is 11.3 Å². The van der Waals surface area contributed by atoms with Crippen LogP contribution < -0.4 is 10.3 Å². The summed E-state index contributed by atoms with van der Waals surface area (Å²) in [6, 6.07) is 16.5. The molecule has 2 heterocycles. The minimum absolute atomic E-state index is 0.0732. The number of H-pyrrole nitrogens is 1. The van der Waals surface area contributed by atoms with Crippen LogP contribution in [-0.2, 0) is 0 Å². The third-order valence-electron chi connectivity index (χ3n) is 4.23. The van der Waals surface area contributed by atoms with Crippen molar-refractivity contribution >= 4 is 33.2 Å². The number of pyridine rings is 1. The topological polar surface area (TPSA) is 62.3 Å². The molecular formula is C20H14ClNO3S. The average Bonchev–Trinajstić information content (AvgIpc) is 2.99. The van der Waals surface area contributed by atoms with Crippen LogP contribution in [-0.4, -0.2) is 17.2 Å². The predicted octanol–water partition coefficient (Wildman–Crippen LogP) is 5.29. The summed E-state index contributed by atoms with van der Waals surface area (Å²) in [5.41, 5.74) is 2.06. The Balaban J connectivity index is 2.02. The number of ether oxygens (including phenoxy) is 1. The number of rotatable bonds is 3. The summed E-state index contributed by atoms with van der Waals surface area (Å²) in [4.78, 5) is 16.0. The Labute approximate surface area is 158 Å². The van der Waals surface area contributed by atoms with Crippen LogP contribution in [0.15, 0.2) is 59.4 Å². The Morgan fingerprint density at radius 2 is 1.65 bits per heavy atom. The average molecular weight is 384 g/mol. The van der Waals surface area contributed by atoms with Crippen molar-refractivity contribution in [1.82, 2.24) is 4.98 Å². The third-order valence-corrected chi connectivity index (χ3v) is 5.55. The molecule has 2 aromatic carbocycles. The van der Waals surface area contributed by atoms with Gasteiger partial charge in [-0.2, -0.15) is 0 Å². The van der Waals surface area contributed by atoms with Crippen molar-refractivity contribution in [1.29, 1.82) is 0 Å². The van der Waals surface area contributed by atoms with Gasteiger partial charge in [-0.05, 0) is 23.3 Å². The van der Waals surface area contributed by atoms with Gasteiger partial charge in [-0.25, -0.2) is 0 Å². The van der Waals surface area contributed by atoms with Gasteiger partial charge in [0.25, 0.3) is 5.56 Å². The molecule has 0 saturated heterocycles. The number of aromatic hydroxyl groups is 1. The standard InChI is InChI=1S/C20H14ClNO3S/c1-25-13-9-7-12(8-10-13)15-17(23)16-14(11-5-3-2-4-6-11)18(21)26-20(16)22-19(15)24/h2-10H,1H3,(H2,22,23,24). The number of aromatic amines is 1. The molecule has 0 amide bonds. The van der Waals surface area contributed by atoms with Gasteiger partial charge in [-0.3, -0.25) is 4.79 Å². The number of aromatic nitrogens is 1. The lowest BCUT2D eigenvalue weighted by Gasteiger charge is -2.08. The van der Waals surface area contributed by atoms with E-state index in [-0.39, 0.29) is 16.9 Å². The fourth-order valence-corrected chi connectivity index (χ4v) is 4.38. The van der Waals surface area contributed by atoms with Crippen LogP contribution in [0.3, 0.4) is 0 Å². The van der Waals surface area contributed by atoms with Gasteiger partial charge in [0.2, 0.25) is 0 Å². The molecule has 0 aliphatic heterocycles. The summed E-state index contributed by atoms with van der Waals surface area (Å²) >= 11 is 7.68. The zero-order chi connectivity index (χ0) is 18.3. The maximum Gasteiger partial charge on any atom is 0.260 e. The first-order chi connectivity index (χ1) is 12.6. The smallest absolute Gasteiger partial charge is 0.260 e. The van der Waals surface area contributed by atoms with E-state index < -0.39 is 0 Å². The third kappa shape index (κ3) is 2.66. The van der Waals surface area contributed by atoms with E-state index in [2.05, 4.69) is 4.98 Å². The predicted molar refractivity (Wildman–Crippen MR) is 107 cm³/mol. The number of thiophene rings is 1. The van der Waals surface area contributed by atoms with Crippen LogP contribution in [0.2, 0.25) is 4.34 Å². The lowest BCUT2D eigenvalue weighted by molar-refractivity contribution is 0.415. The highest BCUT2D eigenvalue weighted by molar-refractivity contribution is 7.23. The van der Waals surface area contributed by atoms with Gasteiger partial charge >= 0.3 is 0 Å². The molecule has 26 heavy (non-hydrogen) atoms. The largest absolute Gasteiger partial charge is 0.506 e. The molecule has 0 unspecified atom stereocenters. The first-order valence-electron chi connectivity index (χ1n) is 7.87. The van der Waals surface area contributed by atoms with Crippen molar-refractivity contribution in [3.8, 4) is 33.8 Å². The highest BCUT2D eigenvalue weighted by Gasteiger charge is 2.21. The van der Waals surface area contributed by atoms with Crippen molar-refractivity contribution in [2.24, 2.45) is 0 Å². The SMILES string of the molecule is COc1ccc(-c2c(O)c3c(-c4ccccc4)c(Cl)sc3[nH]c2=O)cc1. The van der Waals surface area contributed by atoms with E-state index in [1.165, 1.54) is 11.3 Å². The Kier molecular flexibility index (Phi) is 4.18. The van der Waals surface area contributed by atoms with Crippen molar-refractivity contribution in [3.05, 3.63) is 69.3 Å². The van der Waals surface area contributed by atoms with Crippen LogP contribution in [0, 0.1) is 0 Å². The number of nitrogens with one attached hydrogen (secondary N) is 1. The Bertz CT molecular complexity index is 1150. The zero-order valence-corrected chi connectivity index (χ0v) is 15.3. The van der Waals surface area contributed by atoms with E-state index in [0.717, 1.165) is 11.1 Å². The number of benzene rings is 2. The molecule has 130 valence electrons. The normalized spacial score (nSPS) is 11.0. The maximum absolute atomic E-state index is 12.6. The van der Waals surface area contributed by atoms with Gasteiger partial charge in [0.05, 0.1) is 18.1 Å². The number of hydrogen-bond acceptors (Lipinski definition) is 4. The molecule has 0 bridgehead atoms. The highest BCUT2D eigenvalue weighted by atomic mass is 35.5. The molecule has 0 atom stereocenters. The minimum Gasteiger partial charge on any atom is -0.506 e. The molecule has 2 aromatic heterocycles. The molecule has 4 nitrogen and oxygen atoms in total. The summed E-state index contributed by atoms with van der Waals surface area (Å²) in [7, 11) is 1.57. The lowest BCUT2D eigenvalue weighted by atomic mass is 10.0. The summed E-state index contributed by atoms with van der Waals surface area (Å²) < 4.78 is 5.67. The minimum atomic E-state index is -0.363. The molecule has 0 aliphatic rings. The maximum atomic E-state index is 12.6. The number of fused-ring (bicyclic) bond motifs is 1. The van der Waals surface area contributed by atoms with Crippen LogP contribution in [0.1, 0.15) is 0 Å². The Hall–Kier alpha value is -2.76. The first-order valence-corrected chi connectivity index (χ1v) is 9.06. The van der Waals surface area contributed by atoms with Crippen LogP contribution in [0.5, 0.6) is 11.5 Å². The summed E-state index contributed by atoms with van der Waals surface area (Å²) in [5.74, 6) is 0.602. The summed E-state index contributed by atoms with van der Waals surface area (Å²) in [5, 5.41) is 11.5. The second-order valence-electron chi connectivity index (χ2n) is 5.73. The van der Waals surface area contributed by atoms with Crippen LogP contribution >= 0.6 is 22.9 Å². The number of methoxy groups -OCH3 is 1. The molecule has 4 aromatic rings. The molecule has 6 heteroatoms.